The van der Waals surface area contributed by atoms with Gasteiger partial charge in [-0.15, -0.1) is 0 Å². The predicted molar refractivity (Wildman–Crippen MR) is 75.8 cm³/mol. The molecular weight excluding hydrogens is 236 g/mol. The lowest BCUT2D eigenvalue weighted by molar-refractivity contribution is 0.497. The van der Waals surface area contributed by atoms with Crippen molar-refractivity contribution in [3.63, 3.8) is 0 Å². The molecule has 0 spiro atoms. The molecule has 4 heteroatoms. The summed E-state index contributed by atoms with van der Waals surface area (Å²) < 4.78 is 0. The molecule has 0 radical (unpaired) electrons. The maximum atomic E-state index is 4.25. The Morgan fingerprint density at radius 1 is 1.32 bits per heavy atom. The highest BCUT2D eigenvalue weighted by Gasteiger charge is 2.17. The quantitative estimate of drug-likeness (QED) is 0.781. The first-order valence-electron chi connectivity index (χ1n) is 6.93. The number of nitrogens with zero attached hydrogens (tertiary/aromatic N) is 1. The van der Waals surface area contributed by atoms with Gasteiger partial charge in [0, 0.05) is 37.9 Å². The molecule has 0 bridgehead atoms. The van der Waals surface area contributed by atoms with E-state index in [-0.39, 0.29) is 0 Å². The Bertz CT molecular complexity index is 507. The number of hydrogen-bond donors (Lipinski definition) is 3. The highest BCUT2D eigenvalue weighted by Crippen LogP contribution is 2.23. The van der Waals surface area contributed by atoms with Crippen LogP contribution in [0, 0.1) is 0 Å². The van der Waals surface area contributed by atoms with Crippen LogP contribution in [-0.4, -0.2) is 23.1 Å². The Morgan fingerprint density at radius 2 is 2.26 bits per heavy atom. The van der Waals surface area contributed by atoms with Crippen LogP contribution in [0.2, 0.25) is 0 Å². The average molecular weight is 256 g/mol. The smallest absolute Gasteiger partial charge is 0.107 e. The van der Waals surface area contributed by atoms with E-state index in [1.165, 1.54) is 11.1 Å². The monoisotopic (exact) mass is 256 g/mol. The summed E-state index contributed by atoms with van der Waals surface area (Å²) >= 11 is 0. The Hall–Kier alpha value is -1.65. The van der Waals surface area contributed by atoms with Crippen molar-refractivity contribution >= 4 is 0 Å². The first kappa shape index (κ1) is 12.4. The minimum atomic E-state index is 0.446. The van der Waals surface area contributed by atoms with Crippen LogP contribution in [0.4, 0.5) is 0 Å². The van der Waals surface area contributed by atoms with Crippen molar-refractivity contribution in [2.24, 2.45) is 0 Å². The third kappa shape index (κ3) is 3.03. The molecule has 2 heterocycles. The van der Waals surface area contributed by atoms with Crippen molar-refractivity contribution in [2.75, 3.05) is 13.1 Å². The first-order valence-corrected chi connectivity index (χ1v) is 6.93. The molecule has 100 valence electrons. The normalized spacial score (nSPS) is 18.8. The molecule has 1 aliphatic heterocycles. The number of rotatable bonds is 4. The molecule has 3 rings (SSSR count). The van der Waals surface area contributed by atoms with Crippen LogP contribution in [0.25, 0.3) is 0 Å². The lowest BCUT2D eigenvalue weighted by Gasteiger charge is -2.18. The molecule has 0 saturated carbocycles. The number of fused-ring (bicyclic) bond motifs is 1. The largest absolute Gasteiger partial charge is 0.349 e. The van der Waals surface area contributed by atoms with E-state index in [0.29, 0.717) is 6.04 Å². The Morgan fingerprint density at radius 3 is 3.16 bits per heavy atom. The number of aromatic nitrogens is 2. The van der Waals surface area contributed by atoms with Crippen molar-refractivity contribution in [3.05, 3.63) is 53.6 Å². The van der Waals surface area contributed by atoms with E-state index in [0.717, 1.165) is 38.3 Å². The van der Waals surface area contributed by atoms with Crippen molar-refractivity contribution in [3.8, 4) is 0 Å². The van der Waals surface area contributed by atoms with Crippen LogP contribution < -0.4 is 10.6 Å². The number of nitrogens with one attached hydrogen (secondary N) is 3. The number of imidazole rings is 1. The first-order chi connectivity index (χ1) is 9.43. The summed E-state index contributed by atoms with van der Waals surface area (Å²) in [7, 11) is 0. The van der Waals surface area contributed by atoms with Gasteiger partial charge in [-0.25, -0.2) is 4.98 Å². The summed E-state index contributed by atoms with van der Waals surface area (Å²) in [6, 6.07) is 9.15. The fourth-order valence-corrected chi connectivity index (χ4v) is 2.67. The van der Waals surface area contributed by atoms with Crippen LogP contribution >= 0.6 is 0 Å². The fraction of sp³-hybridized carbons (Fsp3) is 0.400. The van der Waals surface area contributed by atoms with Gasteiger partial charge in [0.2, 0.25) is 0 Å². The second kappa shape index (κ2) is 5.99. The van der Waals surface area contributed by atoms with Gasteiger partial charge in [0.1, 0.15) is 5.82 Å². The van der Waals surface area contributed by atoms with Gasteiger partial charge in [0.15, 0.2) is 0 Å². The minimum absolute atomic E-state index is 0.446. The molecular formula is C15H20N4. The van der Waals surface area contributed by atoms with E-state index in [9.17, 15) is 0 Å². The molecule has 1 unspecified atom stereocenters. The third-order valence-corrected chi connectivity index (χ3v) is 3.66. The molecule has 1 atom stereocenters. The zero-order valence-corrected chi connectivity index (χ0v) is 11.0. The van der Waals surface area contributed by atoms with Gasteiger partial charge in [0.25, 0.3) is 0 Å². The second-order valence-corrected chi connectivity index (χ2v) is 4.96. The molecule has 0 aliphatic carbocycles. The van der Waals surface area contributed by atoms with Crippen molar-refractivity contribution in [2.45, 2.75) is 25.4 Å². The zero-order chi connectivity index (χ0) is 12.9. The molecule has 1 aromatic heterocycles. The van der Waals surface area contributed by atoms with E-state index in [1.54, 1.807) is 6.20 Å². The van der Waals surface area contributed by atoms with E-state index in [1.807, 2.05) is 6.20 Å². The molecule has 19 heavy (non-hydrogen) atoms. The minimum Gasteiger partial charge on any atom is -0.349 e. The van der Waals surface area contributed by atoms with Gasteiger partial charge < -0.3 is 15.6 Å². The van der Waals surface area contributed by atoms with Gasteiger partial charge in [-0.3, -0.25) is 0 Å². The summed E-state index contributed by atoms with van der Waals surface area (Å²) in [5.74, 6) is 1.05. The van der Waals surface area contributed by atoms with Crippen LogP contribution in [-0.2, 0) is 13.0 Å². The molecule has 0 amide bonds. The van der Waals surface area contributed by atoms with Gasteiger partial charge in [-0.1, -0.05) is 24.3 Å². The van der Waals surface area contributed by atoms with Gasteiger partial charge in [-0.05, 0) is 24.1 Å². The van der Waals surface area contributed by atoms with Crippen LogP contribution in [0.15, 0.2) is 36.7 Å². The molecule has 1 aromatic carbocycles. The summed E-state index contributed by atoms with van der Waals surface area (Å²) in [6.45, 7) is 2.99. The summed E-state index contributed by atoms with van der Waals surface area (Å²) in [6.07, 6.45) is 5.76. The molecule has 4 nitrogen and oxygen atoms in total. The van der Waals surface area contributed by atoms with Crippen molar-refractivity contribution in [1.29, 1.82) is 0 Å². The van der Waals surface area contributed by atoms with Gasteiger partial charge >= 0.3 is 0 Å². The number of hydrogen-bond acceptors (Lipinski definition) is 3. The number of H-pyrrole nitrogens is 1. The number of benzene rings is 1. The summed E-state index contributed by atoms with van der Waals surface area (Å²) in [5, 5.41) is 7.13. The lowest BCUT2D eigenvalue weighted by atomic mass is 9.99. The Balaban J connectivity index is 1.63. The zero-order valence-electron chi connectivity index (χ0n) is 11.0. The molecule has 0 fully saturated rings. The maximum Gasteiger partial charge on any atom is 0.107 e. The highest BCUT2D eigenvalue weighted by atomic mass is 15.0. The number of aromatic amines is 1. The molecule has 0 saturated heterocycles. The maximum absolute atomic E-state index is 4.25. The Kier molecular flexibility index (Phi) is 3.91. The Labute approximate surface area is 113 Å². The topological polar surface area (TPSA) is 52.7 Å². The van der Waals surface area contributed by atoms with Gasteiger partial charge in [-0.2, -0.15) is 0 Å². The van der Waals surface area contributed by atoms with E-state index in [4.69, 9.17) is 0 Å². The van der Waals surface area contributed by atoms with E-state index in [2.05, 4.69) is 44.9 Å². The SMILES string of the molecule is c1ccc2c(c1)CNCCC2NCCc1ncc[nH]1. The molecule has 1 aliphatic rings. The van der Waals surface area contributed by atoms with Crippen LogP contribution in [0.1, 0.15) is 29.4 Å². The van der Waals surface area contributed by atoms with E-state index < -0.39 is 0 Å². The average Bonchev–Trinajstić information content (AvgIpc) is 2.87. The molecule has 3 N–H and O–H groups in total. The summed E-state index contributed by atoms with van der Waals surface area (Å²) in [5.41, 5.74) is 2.85. The van der Waals surface area contributed by atoms with Crippen LogP contribution in [0.5, 0.6) is 0 Å². The second-order valence-electron chi connectivity index (χ2n) is 4.96. The lowest BCUT2D eigenvalue weighted by Crippen LogP contribution is -2.25. The van der Waals surface area contributed by atoms with Crippen molar-refractivity contribution < 1.29 is 0 Å². The van der Waals surface area contributed by atoms with Crippen LogP contribution in [0.3, 0.4) is 0 Å². The fourth-order valence-electron chi connectivity index (χ4n) is 2.67. The van der Waals surface area contributed by atoms with E-state index >= 15 is 0 Å². The third-order valence-electron chi connectivity index (χ3n) is 3.66. The molecule has 2 aromatic rings. The predicted octanol–water partition coefficient (Wildman–Crippen LogP) is 1.78. The highest BCUT2D eigenvalue weighted by molar-refractivity contribution is 5.31. The standard InChI is InChI=1S/C15H20N4/c1-2-4-13-12(3-1)11-16-7-5-14(13)17-8-6-15-18-9-10-19-15/h1-4,9-10,14,16-17H,5-8,11H2,(H,18,19). The summed E-state index contributed by atoms with van der Waals surface area (Å²) in [4.78, 5) is 7.40. The van der Waals surface area contributed by atoms with Crippen molar-refractivity contribution in [1.82, 2.24) is 20.6 Å². The van der Waals surface area contributed by atoms with Gasteiger partial charge in [0.05, 0.1) is 0 Å².